The van der Waals surface area contributed by atoms with Crippen molar-refractivity contribution in [3.8, 4) is 0 Å². The molecule has 4 fully saturated rings. The lowest BCUT2D eigenvalue weighted by Crippen LogP contribution is -2.70. The van der Waals surface area contributed by atoms with Gasteiger partial charge in [0.05, 0.1) is 17.6 Å². The second-order valence-corrected chi connectivity index (χ2v) is 11.0. The van der Waals surface area contributed by atoms with Crippen LogP contribution in [0.15, 0.2) is 12.2 Å². The molecule has 0 aliphatic heterocycles. The van der Waals surface area contributed by atoms with Crippen LogP contribution in [0.2, 0.25) is 0 Å². The smallest absolute Gasteiger partial charge is 0.303 e. The molecule has 4 aliphatic carbocycles. The number of aliphatic hydroxyl groups excluding tert-OH is 2. The highest BCUT2D eigenvalue weighted by Crippen LogP contribution is 2.71. The van der Waals surface area contributed by atoms with Gasteiger partial charge in [-0.15, -0.1) is 0 Å². The molecule has 0 amide bonds. The van der Waals surface area contributed by atoms with Crippen molar-refractivity contribution in [1.29, 1.82) is 0 Å². The van der Waals surface area contributed by atoms with Crippen molar-refractivity contribution in [3.63, 3.8) is 0 Å². The van der Waals surface area contributed by atoms with Crippen LogP contribution in [0.1, 0.15) is 60.3 Å². The molecule has 4 rings (SSSR count). The fraction of sp³-hybridized carbons (Fsp3) is 0.792. The number of fused-ring (bicyclic) bond motifs is 3. The molecule has 172 valence electrons. The molecule has 2 bridgehead atoms. The monoisotopic (exact) mass is 434 g/mol. The maximum atomic E-state index is 13.4. The van der Waals surface area contributed by atoms with Gasteiger partial charge in [0.2, 0.25) is 0 Å². The van der Waals surface area contributed by atoms with Gasteiger partial charge in [-0.2, -0.15) is 0 Å². The van der Waals surface area contributed by atoms with Gasteiger partial charge < -0.3 is 19.7 Å². The number of ether oxygens (including phenoxy) is 2. The third kappa shape index (κ3) is 2.75. The second-order valence-electron chi connectivity index (χ2n) is 11.0. The van der Waals surface area contributed by atoms with E-state index < -0.39 is 52.6 Å². The van der Waals surface area contributed by atoms with Crippen LogP contribution in [0.5, 0.6) is 0 Å². The fourth-order valence-electron chi connectivity index (χ4n) is 8.15. The molecule has 0 aromatic rings. The molecule has 0 aromatic heterocycles. The molecule has 1 spiro atoms. The van der Waals surface area contributed by atoms with Crippen LogP contribution >= 0.6 is 0 Å². The third-order valence-corrected chi connectivity index (χ3v) is 9.17. The summed E-state index contributed by atoms with van der Waals surface area (Å²) in [5.74, 6) is -1.84. The molecular weight excluding hydrogens is 400 g/mol. The van der Waals surface area contributed by atoms with Gasteiger partial charge in [0.25, 0.3) is 0 Å². The molecule has 0 heterocycles. The number of hydrogen-bond donors (Lipinski definition) is 2. The molecule has 7 nitrogen and oxygen atoms in total. The van der Waals surface area contributed by atoms with Crippen molar-refractivity contribution in [2.75, 3.05) is 0 Å². The largest absolute Gasteiger partial charge is 0.459 e. The summed E-state index contributed by atoms with van der Waals surface area (Å²) in [6.07, 6.45) is -1.29. The van der Waals surface area contributed by atoms with Crippen LogP contribution in [0, 0.1) is 34.0 Å². The predicted octanol–water partition coefficient (Wildman–Crippen LogP) is 2.18. The Morgan fingerprint density at radius 3 is 2.23 bits per heavy atom. The van der Waals surface area contributed by atoms with E-state index in [1.807, 2.05) is 13.8 Å². The first-order valence-electron chi connectivity index (χ1n) is 11.2. The van der Waals surface area contributed by atoms with Crippen LogP contribution < -0.4 is 0 Å². The van der Waals surface area contributed by atoms with Crippen molar-refractivity contribution in [3.05, 3.63) is 12.2 Å². The van der Waals surface area contributed by atoms with Gasteiger partial charge in [-0.05, 0) is 48.5 Å². The van der Waals surface area contributed by atoms with E-state index in [2.05, 4.69) is 13.5 Å². The molecule has 0 aromatic carbocycles. The SMILES string of the molecule is C=C1C(=O)C23C(O)C1CCC2C1(C)C[C@H](OC(C)=O)[C@H](OC(C)=O)C(C)(C)C1C[C@H]3O. The average Bonchev–Trinajstić information content (AvgIpc) is 2.75. The first-order chi connectivity index (χ1) is 14.3. The third-order valence-electron chi connectivity index (χ3n) is 9.17. The van der Waals surface area contributed by atoms with Gasteiger partial charge in [-0.25, -0.2) is 0 Å². The number of ketones is 1. The van der Waals surface area contributed by atoms with Gasteiger partial charge in [0.1, 0.15) is 12.2 Å². The molecule has 4 aliphatic rings. The molecule has 6 unspecified atom stereocenters. The summed E-state index contributed by atoms with van der Waals surface area (Å²) in [6, 6.07) is 0. The highest BCUT2D eigenvalue weighted by Gasteiger charge is 2.75. The maximum absolute atomic E-state index is 13.4. The maximum Gasteiger partial charge on any atom is 0.303 e. The Morgan fingerprint density at radius 2 is 1.65 bits per heavy atom. The van der Waals surface area contributed by atoms with E-state index in [4.69, 9.17) is 9.47 Å². The Labute approximate surface area is 183 Å². The Hall–Kier alpha value is -1.73. The van der Waals surface area contributed by atoms with Crippen molar-refractivity contribution in [2.45, 2.75) is 84.7 Å². The van der Waals surface area contributed by atoms with Gasteiger partial charge >= 0.3 is 11.9 Å². The second kappa shape index (κ2) is 6.88. The lowest BCUT2D eigenvalue weighted by atomic mass is 9.39. The van der Waals surface area contributed by atoms with Gasteiger partial charge in [0, 0.05) is 25.2 Å². The Morgan fingerprint density at radius 1 is 1.03 bits per heavy atom. The number of carbonyl (C=O) groups is 3. The van der Waals surface area contributed by atoms with Crippen molar-refractivity contribution in [1.82, 2.24) is 0 Å². The van der Waals surface area contributed by atoms with E-state index in [-0.39, 0.29) is 23.5 Å². The van der Waals surface area contributed by atoms with Crippen molar-refractivity contribution >= 4 is 17.7 Å². The van der Waals surface area contributed by atoms with Crippen LogP contribution in [0.4, 0.5) is 0 Å². The van der Waals surface area contributed by atoms with E-state index in [9.17, 15) is 24.6 Å². The molecule has 2 N–H and O–H groups in total. The number of Topliss-reactive ketones (excluding diaryl/α,β-unsaturated/α-hetero) is 1. The zero-order valence-corrected chi connectivity index (χ0v) is 19.0. The molecule has 9 atom stereocenters. The number of carbonyl (C=O) groups excluding carboxylic acids is 3. The minimum atomic E-state index is -1.27. The zero-order valence-electron chi connectivity index (χ0n) is 19.0. The fourth-order valence-corrected chi connectivity index (χ4v) is 8.15. The summed E-state index contributed by atoms with van der Waals surface area (Å²) in [6.45, 7) is 12.6. The summed E-state index contributed by atoms with van der Waals surface area (Å²) in [7, 11) is 0. The quantitative estimate of drug-likeness (QED) is 0.506. The number of rotatable bonds is 2. The lowest BCUT2D eigenvalue weighted by molar-refractivity contribution is -0.263. The van der Waals surface area contributed by atoms with E-state index >= 15 is 0 Å². The molecule has 7 heteroatoms. The summed E-state index contributed by atoms with van der Waals surface area (Å²) >= 11 is 0. The summed E-state index contributed by atoms with van der Waals surface area (Å²) in [4.78, 5) is 37.2. The molecular formula is C24H34O7. The van der Waals surface area contributed by atoms with Crippen LogP contribution in [0.3, 0.4) is 0 Å². The van der Waals surface area contributed by atoms with Crippen LogP contribution in [-0.2, 0) is 23.9 Å². The van der Waals surface area contributed by atoms with Crippen molar-refractivity contribution in [2.24, 2.45) is 34.0 Å². The molecule has 0 radical (unpaired) electrons. The number of aliphatic hydroxyl groups is 2. The Bertz CT molecular complexity index is 847. The number of esters is 2. The molecule has 4 saturated carbocycles. The zero-order chi connectivity index (χ0) is 23.1. The minimum absolute atomic E-state index is 0.104. The minimum Gasteiger partial charge on any atom is -0.459 e. The van der Waals surface area contributed by atoms with Crippen LogP contribution in [0.25, 0.3) is 0 Å². The summed E-state index contributed by atoms with van der Waals surface area (Å²) in [5, 5.41) is 22.6. The highest BCUT2D eigenvalue weighted by atomic mass is 16.6. The van der Waals surface area contributed by atoms with E-state index in [0.717, 1.165) is 0 Å². The first kappa shape index (κ1) is 22.5. The van der Waals surface area contributed by atoms with Gasteiger partial charge in [0.15, 0.2) is 5.78 Å². The Balaban J connectivity index is 1.84. The van der Waals surface area contributed by atoms with E-state index in [1.165, 1.54) is 13.8 Å². The van der Waals surface area contributed by atoms with E-state index in [0.29, 0.717) is 31.3 Å². The summed E-state index contributed by atoms with van der Waals surface area (Å²) < 4.78 is 11.3. The Kier molecular flexibility index (Phi) is 4.99. The van der Waals surface area contributed by atoms with E-state index in [1.54, 1.807) is 0 Å². The van der Waals surface area contributed by atoms with Crippen LogP contribution in [-0.4, -0.2) is 52.4 Å². The highest BCUT2D eigenvalue weighted by molar-refractivity contribution is 6.04. The number of hydrogen-bond acceptors (Lipinski definition) is 7. The molecule has 0 saturated heterocycles. The van der Waals surface area contributed by atoms with Gasteiger partial charge in [-0.3, -0.25) is 14.4 Å². The lowest BCUT2D eigenvalue weighted by Gasteiger charge is -2.66. The first-order valence-corrected chi connectivity index (χ1v) is 11.2. The summed E-state index contributed by atoms with van der Waals surface area (Å²) in [5.41, 5.74) is -1.98. The average molecular weight is 435 g/mol. The van der Waals surface area contributed by atoms with Gasteiger partial charge in [-0.1, -0.05) is 27.4 Å². The molecule has 31 heavy (non-hydrogen) atoms. The predicted molar refractivity (Wildman–Crippen MR) is 111 cm³/mol. The van der Waals surface area contributed by atoms with Crippen molar-refractivity contribution < 1.29 is 34.1 Å². The topological polar surface area (TPSA) is 110 Å². The standard InChI is InChI=1S/C24H34O7/c1-11-14-7-8-16-23(6)10-15(30-12(2)25)21(31-13(3)26)22(4,5)17(23)9-18(27)24(16,19(11)28)20(14)29/h14-18,20-21,27,29H,1,7-10H2,2-6H3/t14?,15-,16?,17?,18+,20?,21-,23?,24?/m0/s1. The normalized spacial score (nSPS) is 47.9.